The van der Waals surface area contributed by atoms with Crippen molar-refractivity contribution in [3.8, 4) is 11.5 Å². The van der Waals surface area contributed by atoms with Crippen molar-refractivity contribution >= 4 is 23.5 Å². The van der Waals surface area contributed by atoms with Crippen LogP contribution < -0.4 is 14.8 Å². The molecule has 0 aliphatic rings. The van der Waals surface area contributed by atoms with Crippen LogP contribution in [-0.4, -0.2) is 24.9 Å². The van der Waals surface area contributed by atoms with Crippen LogP contribution in [-0.2, 0) is 4.79 Å². The van der Waals surface area contributed by atoms with E-state index < -0.39 is 0 Å². The first kappa shape index (κ1) is 19.2. The van der Waals surface area contributed by atoms with Crippen LogP contribution in [0.15, 0.2) is 48.5 Å². The summed E-state index contributed by atoms with van der Waals surface area (Å²) in [7, 11) is 0. The Balaban J connectivity index is 2.17. The summed E-state index contributed by atoms with van der Waals surface area (Å²) in [5.74, 6) is 1.00. The molecule has 0 heterocycles. The number of hydrogen-bond donors (Lipinski definition) is 1. The highest BCUT2D eigenvalue weighted by atomic mass is 16.5. The minimum absolute atomic E-state index is 0.149. The quantitative estimate of drug-likeness (QED) is 0.566. The van der Waals surface area contributed by atoms with E-state index in [0.717, 1.165) is 5.56 Å². The van der Waals surface area contributed by atoms with E-state index in [2.05, 4.69) is 5.32 Å². The summed E-state index contributed by atoms with van der Waals surface area (Å²) >= 11 is 0. The average Bonchev–Trinajstić information content (AvgIpc) is 2.61. The van der Waals surface area contributed by atoms with E-state index in [1.165, 1.54) is 13.0 Å². The third-order valence-corrected chi connectivity index (χ3v) is 3.46. The van der Waals surface area contributed by atoms with Gasteiger partial charge in [-0.2, -0.15) is 0 Å². The number of ketones is 1. The smallest absolute Gasteiger partial charge is 0.221 e. The van der Waals surface area contributed by atoms with E-state index >= 15 is 0 Å². The Hall–Kier alpha value is -3.08. The predicted molar refractivity (Wildman–Crippen MR) is 103 cm³/mol. The van der Waals surface area contributed by atoms with E-state index in [1.54, 1.807) is 30.3 Å². The predicted octanol–water partition coefficient (Wildman–Crippen LogP) is 4.34. The molecule has 0 atom stereocenters. The SMILES string of the molecule is CCOc1ccc(/C=C/C(=O)c2cccc(NC(C)=O)c2)cc1OCC. The van der Waals surface area contributed by atoms with Gasteiger partial charge in [0, 0.05) is 18.2 Å². The van der Waals surface area contributed by atoms with Crippen molar-refractivity contribution in [2.45, 2.75) is 20.8 Å². The first-order valence-electron chi connectivity index (χ1n) is 8.53. The lowest BCUT2D eigenvalue weighted by Crippen LogP contribution is -2.06. The maximum Gasteiger partial charge on any atom is 0.221 e. The molecule has 5 heteroatoms. The fraction of sp³-hybridized carbons (Fsp3) is 0.238. The largest absolute Gasteiger partial charge is 0.490 e. The van der Waals surface area contributed by atoms with Crippen molar-refractivity contribution in [1.29, 1.82) is 0 Å². The first-order chi connectivity index (χ1) is 12.5. The molecule has 1 N–H and O–H groups in total. The van der Waals surface area contributed by atoms with Gasteiger partial charge in [0.1, 0.15) is 0 Å². The molecule has 0 unspecified atom stereocenters. The number of allylic oxidation sites excluding steroid dienone is 1. The van der Waals surface area contributed by atoms with Crippen molar-refractivity contribution in [3.05, 3.63) is 59.7 Å². The number of rotatable bonds is 8. The van der Waals surface area contributed by atoms with E-state index in [9.17, 15) is 9.59 Å². The van der Waals surface area contributed by atoms with Gasteiger partial charge in [-0.05, 0) is 49.8 Å². The summed E-state index contributed by atoms with van der Waals surface area (Å²) in [6.45, 7) is 6.33. The summed E-state index contributed by atoms with van der Waals surface area (Å²) in [4.78, 5) is 23.5. The monoisotopic (exact) mass is 353 g/mol. The summed E-state index contributed by atoms with van der Waals surface area (Å²) in [6, 6.07) is 12.4. The molecule has 0 aliphatic heterocycles. The van der Waals surface area contributed by atoms with Gasteiger partial charge in [0.25, 0.3) is 0 Å². The van der Waals surface area contributed by atoms with Crippen LogP contribution in [0.1, 0.15) is 36.7 Å². The van der Waals surface area contributed by atoms with Gasteiger partial charge in [0.15, 0.2) is 17.3 Å². The maximum absolute atomic E-state index is 12.4. The van der Waals surface area contributed by atoms with Crippen LogP contribution in [0.25, 0.3) is 6.08 Å². The van der Waals surface area contributed by atoms with Crippen LogP contribution in [0, 0.1) is 0 Å². The minimum Gasteiger partial charge on any atom is -0.490 e. The van der Waals surface area contributed by atoms with Gasteiger partial charge < -0.3 is 14.8 Å². The first-order valence-corrected chi connectivity index (χ1v) is 8.53. The lowest BCUT2D eigenvalue weighted by atomic mass is 10.1. The Kier molecular flexibility index (Phi) is 6.97. The average molecular weight is 353 g/mol. The molecule has 0 aliphatic carbocycles. The summed E-state index contributed by atoms with van der Waals surface area (Å²) in [6.07, 6.45) is 3.23. The van der Waals surface area contributed by atoms with Gasteiger partial charge >= 0.3 is 0 Å². The lowest BCUT2D eigenvalue weighted by Gasteiger charge is -2.11. The molecular formula is C21H23NO4. The summed E-state index contributed by atoms with van der Waals surface area (Å²) < 4.78 is 11.1. The number of amides is 1. The van der Waals surface area contributed by atoms with Crippen LogP contribution in [0.3, 0.4) is 0 Å². The zero-order valence-corrected chi connectivity index (χ0v) is 15.2. The second kappa shape index (κ2) is 9.42. The Labute approximate surface area is 153 Å². The highest BCUT2D eigenvalue weighted by Crippen LogP contribution is 2.29. The van der Waals surface area contributed by atoms with Crippen molar-refractivity contribution in [2.75, 3.05) is 18.5 Å². The van der Waals surface area contributed by atoms with Gasteiger partial charge in [0.05, 0.1) is 13.2 Å². The molecule has 2 aromatic carbocycles. The number of nitrogens with one attached hydrogen (secondary N) is 1. The number of carbonyl (C=O) groups is 2. The zero-order valence-electron chi connectivity index (χ0n) is 15.2. The zero-order chi connectivity index (χ0) is 18.9. The number of ether oxygens (including phenoxy) is 2. The third kappa shape index (κ3) is 5.48. The fourth-order valence-corrected chi connectivity index (χ4v) is 2.39. The molecule has 0 spiro atoms. The Morgan fingerprint density at radius 3 is 2.42 bits per heavy atom. The number of hydrogen-bond acceptors (Lipinski definition) is 4. The third-order valence-electron chi connectivity index (χ3n) is 3.46. The second-order valence-corrected chi connectivity index (χ2v) is 5.53. The van der Waals surface area contributed by atoms with Crippen LogP contribution in [0.5, 0.6) is 11.5 Å². The van der Waals surface area contributed by atoms with E-state index in [1.807, 2.05) is 32.0 Å². The van der Waals surface area contributed by atoms with E-state index in [-0.39, 0.29) is 11.7 Å². The Bertz CT molecular complexity index is 811. The molecule has 2 rings (SSSR count). The van der Waals surface area contributed by atoms with Crippen LogP contribution in [0.4, 0.5) is 5.69 Å². The molecule has 2 aromatic rings. The van der Waals surface area contributed by atoms with Crippen molar-refractivity contribution in [1.82, 2.24) is 0 Å². The van der Waals surface area contributed by atoms with Gasteiger partial charge in [-0.3, -0.25) is 9.59 Å². The minimum atomic E-state index is -0.178. The van der Waals surface area contributed by atoms with Gasteiger partial charge in [-0.1, -0.05) is 24.3 Å². The number of carbonyl (C=O) groups excluding carboxylic acids is 2. The molecule has 1 amide bonds. The maximum atomic E-state index is 12.4. The van der Waals surface area contributed by atoms with Gasteiger partial charge in [0.2, 0.25) is 5.91 Å². The number of anilines is 1. The van der Waals surface area contributed by atoms with Crippen molar-refractivity contribution < 1.29 is 19.1 Å². The molecular weight excluding hydrogens is 330 g/mol. The highest BCUT2D eigenvalue weighted by Gasteiger charge is 2.07. The summed E-state index contributed by atoms with van der Waals surface area (Å²) in [5, 5.41) is 2.67. The molecule has 26 heavy (non-hydrogen) atoms. The lowest BCUT2D eigenvalue weighted by molar-refractivity contribution is -0.114. The molecule has 0 bridgehead atoms. The molecule has 0 saturated heterocycles. The van der Waals surface area contributed by atoms with Gasteiger partial charge in [-0.25, -0.2) is 0 Å². The molecule has 5 nitrogen and oxygen atoms in total. The number of benzene rings is 2. The van der Waals surface area contributed by atoms with Gasteiger partial charge in [-0.15, -0.1) is 0 Å². The second-order valence-electron chi connectivity index (χ2n) is 5.53. The van der Waals surface area contributed by atoms with E-state index in [0.29, 0.717) is 36.0 Å². The standard InChI is InChI=1S/C21H23NO4/c1-4-25-20-12-10-16(13-21(20)26-5-2)9-11-19(24)17-7-6-8-18(14-17)22-15(3)23/h6-14H,4-5H2,1-3H3,(H,22,23)/b11-9+. The molecule has 0 saturated carbocycles. The Morgan fingerprint density at radius 2 is 1.73 bits per heavy atom. The Morgan fingerprint density at radius 1 is 1.00 bits per heavy atom. The molecule has 0 fully saturated rings. The van der Waals surface area contributed by atoms with Crippen molar-refractivity contribution in [3.63, 3.8) is 0 Å². The molecule has 0 radical (unpaired) electrons. The summed E-state index contributed by atoms with van der Waals surface area (Å²) in [5.41, 5.74) is 1.93. The topological polar surface area (TPSA) is 64.6 Å². The van der Waals surface area contributed by atoms with Crippen molar-refractivity contribution in [2.24, 2.45) is 0 Å². The van der Waals surface area contributed by atoms with Crippen LogP contribution >= 0.6 is 0 Å². The van der Waals surface area contributed by atoms with Crippen LogP contribution in [0.2, 0.25) is 0 Å². The molecule has 136 valence electrons. The fourth-order valence-electron chi connectivity index (χ4n) is 2.39. The van der Waals surface area contributed by atoms with E-state index in [4.69, 9.17) is 9.47 Å². The normalized spacial score (nSPS) is 10.6. The molecule has 0 aromatic heterocycles. The highest BCUT2D eigenvalue weighted by molar-refractivity contribution is 6.07.